The maximum atomic E-state index is 11.1. The molecule has 0 aliphatic heterocycles. The number of aliphatic imine (C=N–C) groups is 1. The molecule has 0 radical (unpaired) electrons. The average molecular weight is 213 g/mol. The van der Waals surface area contributed by atoms with Gasteiger partial charge in [-0.15, -0.1) is 0 Å². The molecular formula is C11H23N3O. The Morgan fingerprint density at radius 1 is 1.47 bits per heavy atom. The first-order valence-electron chi connectivity index (χ1n) is 5.58. The second-order valence-corrected chi connectivity index (χ2v) is 3.67. The summed E-state index contributed by atoms with van der Waals surface area (Å²) in [6, 6.07) is -0.00231. The van der Waals surface area contributed by atoms with Crippen LogP contribution in [0.2, 0.25) is 0 Å². The first kappa shape index (κ1) is 14.1. The number of unbranched alkanes of at least 4 members (excludes halogenated alkanes) is 1. The van der Waals surface area contributed by atoms with Crippen molar-refractivity contribution in [3.05, 3.63) is 0 Å². The first-order chi connectivity index (χ1) is 7.11. The molecule has 0 aromatic heterocycles. The summed E-state index contributed by atoms with van der Waals surface area (Å²) >= 11 is 0. The molecule has 0 aromatic rings. The van der Waals surface area contributed by atoms with E-state index >= 15 is 0 Å². The fourth-order valence-corrected chi connectivity index (χ4v) is 1.35. The van der Waals surface area contributed by atoms with E-state index in [1.54, 1.807) is 6.92 Å². The fraction of sp³-hybridized carbons (Fsp3) is 0.818. The van der Waals surface area contributed by atoms with Crippen molar-refractivity contribution in [2.45, 2.75) is 45.6 Å². The highest BCUT2D eigenvalue weighted by molar-refractivity contribution is 5.81. The van der Waals surface area contributed by atoms with Gasteiger partial charge in [0, 0.05) is 13.0 Å². The summed E-state index contributed by atoms with van der Waals surface area (Å²) in [5.41, 5.74) is 5.57. The van der Waals surface area contributed by atoms with Crippen LogP contribution in [0, 0.1) is 0 Å². The fourth-order valence-electron chi connectivity index (χ4n) is 1.35. The number of ketones is 1. The second kappa shape index (κ2) is 8.41. The Kier molecular flexibility index (Phi) is 7.91. The molecule has 1 unspecified atom stereocenters. The van der Waals surface area contributed by atoms with Crippen LogP contribution in [-0.2, 0) is 4.79 Å². The van der Waals surface area contributed by atoms with E-state index in [-0.39, 0.29) is 11.8 Å². The van der Waals surface area contributed by atoms with Crippen LogP contribution >= 0.6 is 0 Å². The summed E-state index contributed by atoms with van der Waals surface area (Å²) in [5.74, 6) is 0.917. The smallest absolute Gasteiger partial charge is 0.146 e. The van der Waals surface area contributed by atoms with Crippen LogP contribution < -0.4 is 11.1 Å². The Bertz CT molecular complexity index is 214. The van der Waals surface area contributed by atoms with Crippen molar-refractivity contribution < 1.29 is 4.79 Å². The number of carbonyl (C=O) groups excluding carboxylic acids is 1. The van der Waals surface area contributed by atoms with Crippen LogP contribution in [0.3, 0.4) is 0 Å². The van der Waals surface area contributed by atoms with E-state index in [4.69, 9.17) is 5.73 Å². The minimum absolute atomic E-state index is 0.00231. The van der Waals surface area contributed by atoms with E-state index in [1.165, 1.54) is 0 Å². The minimum Gasteiger partial charge on any atom is -0.387 e. The van der Waals surface area contributed by atoms with Crippen molar-refractivity contribution in [3.63, 3.8) is 0 Å². The largest absolute Gasteiger partial charge is 0.387 e. The van der Waals surface area contributed by atoms with Gasteiger partial charge in [-0.2, -0.15) is 0 Å². The summed E-state index contributed by atoms with van der Waals surface area (Å²) < 4.78 is 0. The molecule has 0 saturated heterocycles. The van der Waals surface area contributed by atoms with Gasteiger partial charge in [0.05, 0.1) is 11.9 Å². The van der Waals surface area contributed by atoms with Crippen LogP contribution in [0.15, 0.2) is 4.99 Å². The van der Waals surface area contributed by atoms with E-state index in [0.717, 1.165) is 32.2 Å². The SMILES string of the molecule is CCC(N)=NCCCCC(NC)C(C)=O. The molecule has 88 valence electrons. The highest BCUT2D eigenvalue weighted by Crippen LogP contribution is 2.02. The Morgan fingerprint density at radius 3 is 2.60 bits per heavy atom. The molecule has 0 aromatic carbocycles. The van der Waals surface area contributed by atoms with Gasteiger partial charge in [0.1, 0.15) is 5.78 Å². The highest BCUT2D eigenvalue weighted by atomic mass is 16.1. The first-order valence-corrected chi connectivity index (χ1v) is 5.58. The van der Waals surface area contributed by atoms with E-state index in [1.807, 2.05) is 14.0 Å². The van der Waals surface area contributed by atoms with E-state index < -0.39 is 0 Å². The molecular weight excluding hydrogens is 190 g/mol. The number of Topliss-reactive ketones (excluding diaryl/α,β-unsaturated/α-hetero) is 1. The van der Waals surface area contributed by atoms with Gasteiger partial charge in [-0.25, -0.2) is 0 Å². The zero-order valence-electron chi connectivity index (χ0n) is 10.0. The molecule has 4 nitrogen and oxygen atoms in total. The van der Waals surface area contributed by atoms with Gasteiger partial charge in [-0.05, 0) is 33.2 Å². The Hall–Kier alpha value is -0.900. The lowest BCUT2D eigenvalue weighted by Gasteiger charge is -2.11. The molecule has 0 heterocycles. The minimum atomic E-state index is -0.00231. The van der Waals surface area contributed by atoms with Gasteiger partial charge in [-0.3, -0.25) is 9.79 Å². The standard InChI is InChI=1S/C11H23N3O/c1-4-11(12)14-8-6-5-7-10(13-3)9(2)15/h10,13H,4-8H2,1-3H3,(H2,12,14). The number of amidine groups is 1. The van der Waals surface area contributed by atoms with Crippen molar-refractivity contribution in [1.29, 1.82) is 0 Å². The van der Waals surface area contributed by atoms with Crippen molar-refractivity contribution in [1.82, 2.24) is 5.32 Å². The molecule has 15 heavy (non-hydrogen) atoms. The number of nitrogens with one attached hydrogen (secondary N) is 1. The molecule has 0 spiro atoms. The zero-order valence-corrected chi connectivity index (χ0v) is 10.0. The lowest BCUT2D eigenvalue weighted by Crippen LogP contribution is -2.32. The van der Waals surface area contributed by atoms with Gasteiger partial charge in [0.2, 0.25) is 0 Å². The van der Waals surface area contributed by atoms with Crippen molar-refractivity contribution >= 4 is 11.6 Å². The van der Waals surface area contributed by atoms with Gasteiger partial charge in [0.15, 0.2) is 0 Å². The van der Waals surface area contributed by atoms with Crippen molar-refractivity contribution in [3.8, 4) is 0 Å². The summed E-state index contributed by atoms with van der Waals surface area (Å²) in [6.07, 6.45) is 3.69. The number of nitrogens with two attached hydrogens (primary N) is 1. The number of carbonyl (C=O) groups is 1. The molecule has 0 fully saturated rings. The predicted molar refractivity (Wildman–Crippen MR) is 64.2 cm³/mol. The van der Waals surface area contributed by atoms with Crippen molar-refractivity contribution in [2.24, 2.45) is 10.7 Å². The van der Waals surface area contributed by atoms with Crippen LogP contribution in [-0.4, -0.2) is 31.3 Å². The average Bonchev–Trinajstić information content (AvgIpc) is 2.22. The number of hydrogen-bond acceptors (Lipinski definition) is 3. The number of nitrogens with zero attached hydrogens (tertiary/aromatic N) is 1. The molecule has 0 bridgehead atoms. The third-order valence-electron chi connectivity index (χ3n) is 2.42. The van der Waals surface area contributed by atoms with Crippen LogP contribution in [0.4, 0.5) is 0 Å². The van der Waals surface area contributed by atoms with Crippen molar-refractivity contribution in [2.75, 3.05) is 13.6 Å². The lowest BCUT2D eigenvalue weighted by molar-refractivity contribution is -0.119. The van der Waals surface area contributed by atoms with Gasteiger partial charge < -0.3 is 11.1 Å². The van der Waals surface area contributed by atoms with E-state index in [9.17, 15) is 4.79 Å². The molecule has 1 atom stereocenters. The molecule has 0 aliphatic rings. The third-order valence-corrected chi connectivity index (χ3v) is 2.42. The van der Waals surface area contributed by atoms with Gasteiger partial charge in [-0.1, -0.05) is 6.92 Å². The Labute approximate surface area is 92.3 Å². The molecule has 3 N–H and O–H groups in total. The zero-order chi connectivity index (χ0) is 11.7. The van der Waals surface area contributed by atoms with E-state index in [0.29, 0.717) is 5.84 Å². The molecule has 0 aliphatic carbocycles. The molecule has 0 rings (SSSR count). The van der Waals surface area contributed by atoms with E-state index in [2.05, 4.69) is 10.3 Å². The summed E-state index contributed by atoms with van der Waals surface area (Å²) in [7, 11) is 1.82. The predicted octanol–water partition coefficient (Wildman–Crippen LogP) is 1.10. The van der Waals surface area contributed by atoms with Gasteiger partial charge in [0.25, 0.3) is 0 Å². The molecule has 0 amide bonds. The van der Waals surface area contributed by atoms with Crippen LogP contribution in [0.5, 0.6) is 0 Å². The summed E-state index contributed by atoms with van der Waals surface area (Å²) in [5, 5.41) is 3.00. The number of hydrogen-bond donors (Lipinski definition) is 2. The molecule has 4 heteroatoms. The highest BCUT2D eigenvalue weighted by Gasteiger charge is 2.09. The van der Waals surface area contributed by atoms with Crippen LogP contribution in [0.1, 0.15) is 39.5 Å². The topological polar surface area (TPSA) is 67.5 Å². The lowest BCUT2D eigenvalue weighted by atomic mass is 10.1. The third kappa shape index (κ3) is 7.08. The quantitative estimate of drug-likeness (QED) is 0.360. The maximum Gasteiger partial charge on any atom is 0.146 e. The number of rotatable bonds is 8. The summed E-state index contributed by atoms with van der Waals surface area (Å²) in [6.45, 7) is 4.38. The maximum absolute atomic E-state index is 11.1. The molecule has 0 saturated carbocycles. The van der Waals surface area contributed by atoms with Crippen LogP contribution in [0.25, 0.3) is 0 Å². The number of likely N-dealkylation sites (N-methyl/N-ethyl adjacent to an activating group) is 1. The second-order valence-electron chi connectivity index (χ2n) is 3.67. The normalized spacial score (nSPS) is 13.9. The Balaban J connectivity index is 3.57. The monoisotopic (exact) mass is 213 g/mol. The Morgan fingerprint density at radius 2 is 2.13 bits per heavy atom. The van der Waals surface area contributed by atoms with Gasteiger partial charge >= 0.3 is 0 Å². The summed E-state index contributed by atoms with van der Waals surface area (Å²) in [4.78, 5) is 15.3.